The van der Waals surface area contributed by atoms with Crippen LogP contribution in [0.5, 0.6) is 0 Å². The van der Waals surface area contributed by atoms with Crippen molar-refractivity contribution in [3.63, 3.8) is 0 Å². The molecule has 18 heavy (non-hydrogen) atoms. The van der Waals surface area contributed by atoms with E-state index in [0.717, 1.165) is 17.5 Å². The van der Waals surface area contributed by atoms with Crippen molar-refractivity contribution >= 4 is 22.8 Å². The van der Waals surface area contributed by atoms with Crippen LogP contribution in [0.15, 0.2) is 22.6 Å². The molecule has 2 rings (SSSR count). The van der Waals surface area contributed by atoms with Gasteiger partial charge in [-0.2, -0.15) is 4.98 Å². The molecule has 0 radical (unpaired) electrons. The second-order valence-corrected chi connectivity index (χ2v) is 4.79. The fourth-order valence-electron chi connectivity index (χ4n) is 1.99. The Balaban J connectivity index is 1.98. The zero-order chi connectivity index (χ0) is 13.0. The number of fused-ring (bicyclic) bond motifs is 1. The maximum Gasteiger partial charge on any atom is 0.295 e. The van der Waals surface area contributed by atoms with Crippen LogP contribution >= 0.6 is 0 Å². The van der Waals surface area contributed by atoms with Gasteiger partial charge in [0.05, 0.1) is 0 Å². The van der Waals surface area contributed by atoms with Gasteiger partial charge in [-0.15, -0.1) is 0 Å². The van der Waals surface area contributed by atoms with E-state index >= 15 is 0 Å². The first-order valence-electron chi connectivity index (χ1n) is 6.61. The lowest BCUT2D eigenvalue weighted by molar-refractivity contribution is 0.569. The normalized spacial score (nSPS) is 12.8. The van der Waals surface area contributed by atoms with E-state index in [2.05, 4.69) is 24.1 Å². The van der Waals surface area contributed by atoms with Gasteiger partial charge in [-0.1, -0.05) is 26.2 Å². The first-order valence-corrected chi connectivity index (χ1v) is 6.61. The van der Waals surface area contributed by atoms with Crippen LogP contribution in [0.2, 0.25) is 0 Å². The third-order valence-electron chi connectivity index (χ3n) is 3.02. The highest BCUT2D eigenvalue weighted by molar-refractivity contribution is 5.78. The number of rotatable bonds is 6. The number of aromatic nitrogens is 1. The number of nitrogen functional groups attached to an aromatic ring is 1. The molecule has 0 amide bonds. The number of benzene rings is 1. The highest BCUT2D eigenvalue weighted by Gasteiger charge is 2.08. The lowest BCUT2D eigenvalue weighted by atomic mass is 10.1. The predicted octanol–water partition coefficient (Wildman–Crippen LogP) is 3.79. The highest BCUT2D eigenvalue weighted by Crippen LogP contribution is 2.21. The van der Waals surface area contributed by atoms with Gasteiger partial charge in [0.25, 0.3) is 6.01 Å². The quantitative estimate of drug-likeness (QED) is 0.602. The van der Waals surface area contributed by atoms with Crippen molar-refractivity contribution in [3.8, 4) is 0 Å². The maximum absolute atomic E-state index is 5.71. The molecule has 0 saturated carbocycles. The van der Waals surface area contributed by atoms with Gasteiger partial charge in [0, 0.05) is 11.7 Å². The Hall–Kier alpha value is -1.71. The molecule has 4 heteroatoms. The summed E-state index contributed by atoms with van der Waals surface area (Å²) in [6, 6.07) is 6.46. The summed E-state index contributed by atoms with van der Waals surface area (Å²) in [5.41, 5.74) is 7.99. The van der Waals surface area contributed by atoms with Crippen LogP contribution < -0.4 is 11.1 Å². The number of nitrogens with zero attached hydrogens (tertiary/aromatic N) is 1. The van der Waals surface area contributed by atoms with Gasteiger partial charge in [0.15, 0.2) is 5.58 Å². The summed E-state index contributed by atoms with van der Waals surface area (Å²) in [7, 11) is 0. The molecule has 0 aliphatic carbocycles. The fourth-order valence-corrected chi connectivity index (χ4v) is 1.99. The molecule has 1 heterocycles. The molecule has 98 valence electrons. The summed E-state index contributed by atoms with van der Waals surface area (Å²) in [5, 5.41) is 3.29. The molecule has 4 nitrogen and oxygen atoms in total. The molecule has 0 spiro atoms. The van der Waals surface area contributed by atoms with Crippen molar-refractivity contribution < 1.29 is 4.42 Å². The molecule has 0 saturated heterocycles. The number of nitrogens with two attached hydrogens (primary N) is 1. The van der Waals surface area contributed by atoms with E-state index in [9.17, 15) is 0 Å². The predicted molar refractivity (Wildman–Crippen MR) is 75.6 cm³/mol. The van der Waals surface area contributed by atoms with E-state index in [1.807, 2.05) is 18.2 Å². The monoisotopic (exact) mass is 247 g/mol. The topological polar surface area (TPSA) is 64.1 Å². The summed E-state index contributed by atoms with van der Waals surface area (Å²) in [4.78, 5) is 4.38. The van der Waals surface area contributed by atoms with Crippen molar-refractivity contribution in [1.29, 1.82) is 0 Å². The van der Waals surface area contributed by atoms with Crippen LogP contribution in [0.1, 0.15) is 39.5 Å². The van der Waals surface area contributed by atoms with Crippen LogP contribution in [-0.4, -0.2) is 11.0 Å². The van der Waals surface area contributed by atoms with E-state index in [-0.39, 0.29) is 0 Å². The van der Waals surface area contributed by atoms with Crippen LogP contribution in [-0.2, 0) is 0 Å². The fraction of sp³-hybridized carbons (Fsp3) is 0.500. The zero-order valence-corrected chi connectivity index (χ0v) is 11.1. The van der Waals surface area contributed by atoms with Crippen LogP contribution in [0, 0.1) is 0 Å². The first-order chi connectivity index (χ1) is 8.69. The molecule has 3 N–H and O–H groups in total. The summed E-state index contributed by atoms with van der Waals surface area (Å²) in [6.07, 6.45) is 4.89. The summed E-state index contributed by atoms with van der Waals surface area (Å²) >= 11 is 0. The minimum absolute atomic E-state index is 0.377. The number of hydrogen-bond acceptors (Lipinski definition) is 4. The molecule has 1 aromatic heterocycles. The number of unbranched alkanes of at least 4 members (excludes halogenated alkanes) is 2. The van der Waals surface area contributed by atoms with Crippen LogP contribution in [0.4, 0.5) is 11.7 Å². The largest absolute Gasteiger partial charge is 0.424 e. The molecule has 0 fully saturated rings. The van der Waals surface area contributed by atoms with Crippen molar-refractivity contribution in [3.05, 3.63) is 18.2 Å². The molecule has 1 unspecified atom stereocenters. The molecule has 1 atom stereocenters. The second-order valence-electron chi connectivity index (χ2n) is 4.79. The first kappa shape index (κ1) is 12.7. The van der Waals surface area contributed by atoms with E-state index in [4.69, 9.17) is 10.2 Å². The third-order valence-corrected chi connectivity index (χ3v) is 3.02. The summed E-state index contributed by atoms with van der Waals surface area (Å²) in [5.74, 6) is 0. The van der Waals surface area contributed by atoms with Gasteiger partial charge in [0.1, 0.15) is 5.52 Å². The molecule has 0 aliphatic rings. The summed E-state index contributed by atoms with van der Waals surface area (Å²) < 4.78 is 5.62. The van der Waals surface area contributed by atoms with Crippen molar-refractivity contribution in [2.24, 2.45) is 0 Å². The van der Waals surface area contributed by atoms with Crippen LogP contribution in [0.25, 0.3) is 11.1 Å². The van der Waals surface area contributed by atoms with E-state index in [1.165, 1.54) is 19.3 Å². The van der Waals surface area contributed by atoms with Gasteiger partial charge in [-0.05, 0) is 31.5 Å². The smallest absolute Gasteiger partial charge is 0.295 e. The molecule has 0 aliphatic heterocycles. The molecular formula is C14H21N3O. The molecule has 2 aromatic rings. The Bertz CT molecular complexity index is 507. The number of hydrogen-bond donors (Lipinski definition) is 2. The third kappa shape index (κ3) is 3.15. The zero-order valence-electron chi connectivity index (χ0n) is 11.1. The Morgan fingerprint density at radius 2 is 2.22 bits per heavy atom. The number of nitrogens with one attached hydrogen (secondary N) is 1. The molecule has 0 bridgehead atoms. The number of oxazole rings is 1. The molecular weight excluding hydrogens is 226 g/mol. The van der Waals surface area contributed by atoms with E-state index < -0.39 is 0 Å². The standard InChI is InChI=1S/C14H21N3O/c1-3-4-5-6-10(2)16-14-17-12-9-11(15)7-8-13(12)18-14/h7-10H,3-6,15H2,1-2H3,(H,16,17). The number of anilines is 2. The van der Waals surface area contributed by atoms with E-state index in [0.29, 0.717) is 17.7 Å². The molecule has 1 aromatic carbocycles. The van der Waals surface area contributed by atoms with Gasteiger partial charge >= 0.3 is 0 Å². The maximum atomic E-state index is 5.71. The highest BCUT2D eigenvalue weighted by atomic mass is 16.4. The van der Waals surface area contributed by atoms with Crippen molar-refractivity contribution in [2.45, 2.75) is 45.6 Å². The van der Waals surface area contributed by atoms with Crippen molar-refractivity contribution in [2.75, 3.05) is 11.1 Å². The Labute approximate surface area is 108 Å². The van der Waals surface area contributed by atoms with Gasteiger partial charge in [-0.25, -0.2) is 0 Å². The average molecular weight is 247 g/mol. The van der Waals surface area contributed by atoms with Crippen LogP contribution in [0.3, 0.4) is 0 Å². The minimum Gasteiger partial charge on any atom is -0.424 e. The lowest BCUT2D eigenvalue weighted by Crippen LogP contribution is -2.14. The summed E-state index contributed by atoms with van der Waals surface area (Å²) in [6.45, 7) is 4.36. The Kier molecular flexibility index (Phi) is 4.07. The van der Waals surface area contributed by atoms with Crippen molar-refractivity contribution in [1.82, 2.24) is 4.98 Å². The Morgan fingerprint density at radius 3 is 3.00 bits per heavy atom. The lowest BCUT2D eigenvalue weighted by Gasteiger charge is -2.10. The second kappa shape index (κ2) is 5.76. The van der Waals surface area contributed by atoms with Gasteiger partial charge in [-0.3, -0.25) is 0 Å². The van der Waals surface area contributed by atoms with Gasteiger partial charge < -0.3 is 15.5 Å². The minimum atomic E-state index is 0.377. The van der Waals surface area contributed by atoms with Gasteiger partial charge in [0.2, 0.25) is 0 Å². The SMILES string of the molecule is CCCCCC(C)Nc1nc2cc(N)ccc2o1. The average Bonchev–Trinajstić information content (AvgIpc) is 2.70. The Morgan fingerprint density at radius 1 is 1.39 bits per heavy atom. The van der Waals surface area contributed by atoms with E-state index in [1.54, 1.807) is 0 Å².